The second-order valence-corrected chi connectivity index (χ2v) is 8.32. The van der Waals surface area contributed by atoms with E-state index in [9.17, 15) is 18.4 Å². The molecule has 8 heteroatoms. The second kappa shape index (κ2) is 9.97. The number of likely N-dealkylation sites (tertiary alicyclic amines) is 1. The summed E-state index contributed by atoms with van der Waals surface area (Å²) in [6.45, 7) is 1.76. The minimum Gasteiger partial charge on any atom is -0.354 e. The Morgan fingerprint density at radius 1 is 1.12 bits per heavy atom. The molecule has 32 heavy (non-hydrogen) atoms. The van der Waals surface area contributed by atoms with Gasteiger partial charge in [-0.1, -0.05) is 12.8 Å². The van der Waals surface area contributed by atoms with Crippen molar-refractivity contribution in [2.75, 3.05) is 19.6 Å². The van der Waals surface area contributed by atoms with Crippen molar-refractivity contribution < 1.29 is 18.4 Å². The third-order valence-electron chi connectivity index (χ3n) is 6.11. The van der Waals surface area contributed by atoms with Crippen molar-refractivity contribution in [3.63, 3.8) is 0 Å². The minimum atomic E-state index is -0.817. The van der Waals surface area contributed by atoms with E-state index in [-0.39, 0.29) is 17.4 Å². The molecule has 0 aliphatic carbocycles. The molecule has 168 valence electrons. The zero-order chi connectivity index (χ0) is 22.5. The van der Waals surface area contributed by atoms with Gasteiger partial charge < -0.3 is 10.2 Å². The summed E-state index contributed by atoms with van der Waals surface area (Å²) >= 11 is 0. The van der Waals surface area contributed by atoms with Gasteiger partial charge in [-0.3, -0.25) is 19.6 Å². The van der Waals surface area contributed by atoms with Crippen LogP contribution in [0.1, 0.15) is 42.5 Å². The van der Waals surface area contributed by atoms with Crippen molar-refractivity contribution in [2.24, 2.45) is 10.9 Å². The van der Waals surface area contributed by atoms with Crippen LogP contribution in [-0.2, 0) is 4.79 Å². The number of benzene rings is 1. The lowest BCUT2D eigenvalue weighted by atomic mass is 9.91. The summed E-state index contributed by atoms with van der Waals surface area (Å²) in [5.74, 6) is -1.47. The molecule has 1 aromatic carbocycles. The van der Waals surface area contributed by atoms with E-state index in [2.05, 4.69) is 15.3 Å². The summed E-state index contributed by atoms with van der Waals surface area (Å²) < 4.78 is 26.9. The fraction of sp³-hybridized carbons (Fsp3) is 0.417. The number of fused-ring (bicyclic) bond motifs is 1. The standard InChI is InChI=1S/C24H26F2N4O2/c25-18-4-5-19(20(26)14-18)24(32)30-11-7-16(8-12-30)3-1-2-9-28-23(31)22-13-17-15-27-10-6-21(17)29-22/h4-6,10,13-16,22H,1-3,7-9,11-12H2,(H,28,31). The molecule has 1 N–H and O–H groups in total. The summed E-state index contributed by atoms with van der Waals surface area (Å²) in [4.78, 5) is 34.9. The van der Waals surface area contributed by atoms with E-state index in [1.807, 2.05) is 6.08 Å². The van der Waals surface area contributed by atoms with Crippen molar-refractivity contribution in [1.82, 2.24) is 15.2 Å². The fourth-order valence-corrected chi connectivity index (χ4v) is 4.27. The molecule has 0 saturated carbocycles. The molecule has 1 aromatic heterocycles. The first-order valence-electron chi connectivity index (χ1n) is 11.0. The lowest BCUT2D eigenvalue weighted by Crippen LogP contribution is -2.39. The monoisotopic (exact) mass is 440 g/mol. The normalized spacial score (nSPS) is 17.9. The van der Waals surface area contributed by atoms with Gasteiger partial charge in [-0.05, 0) is 49.5 Å². The lowest BCUT2D eigenvalue weighted by Gasteiger charge is -2.32. The predicted molar refractivity (Wildman–Crippen MR) is 115 cm³/mol. The Hall–Kier alpha value is -3.16. The van der Waals surface area contributed by atoms with Crippen LogP contribution in [0.25, 0.3) is 6.08 Å². The van der Waals surface area contributed by atoms with Crippen molar-refractivity contribution in [3.05, 3.63) is 64.4 Å². The van der Waals surface area contributed by atoms with Crippen LogP contribution in [0, 0.1) is 17.6 Å². The zero-order valence-electron chi connectivity index (χ0n) is 17.8. The maximum Gasteiger partial charge on any atom is 0.256 e. The molecular weight excluding hydrogens is 414 g/mol. The molecule has 2 amide bonds. The SMILES string of the molecule is O=C(NCCCCC1CCN(C(=O)c2ccc(F)cc2F)CC1)C1C=c2cnccc2=N1. The third kappa shape index (κ3) is 5.18. The topological polar surface area (TPSA) is 74.7 Å². The first-order chi connectivity index (χ1) is 15.5. The molecule has 0 spiro atoms. The number of nitrogens with one attached hydrogen (secondary N) is 1. The molecule has 0 bridgehead atoms. The number of hydrogen-bond acceptors (Lipinski definition) is 4. The highest BCUT2D eigenvalue weighted by atomic mass is 19.1. The van der Waals surface area contributed by atoms with Crippen LogP contribution in [0.15, 0.2) is 41.7 Å². The Balaban J connectivity index is 1.13. The summed E-state index contributed by atoms with van der Waals surface area (Å²) in [6, 6.07) is 4.37. The van der Waals surface area contributed by atoms with Gasteiger partial charge in [0, 0.05) is 43.3 Å². The molecule has 2 aliphatic rings. The fourth-order valence-electron chi connectivity index (χ4n) is 4.27. The lowest BCUT2D eigenvalue weighted by molar-refractivity contribution is -0.121. The number of carbonyl (C=O) groups excluding carboxylic acids is 2. The molecule has 1 unspecified atom stereocenters. The number of nitrogens with zero attached hydrogens (tertiary/aromatic N) is 3. The number of hydrogen-bond donors (Lipinski definition) is 1. The molecule has 2 aliphatic heterocycles. The van der Waals surface area contributed by atoms with E-state index in [0.717, 1.165) is 54.8 Å². The number of unbranched alkanes of at least 4 members (excludes halogenated alkanes) is 1. The van der Waals surface area contributed by atoms with Gasteiger partial charge in [0.1, 0.15) is 17.7 Å². The Labute approximate surface area is 185 Å². The highest BCUT2D eigenvalue weighted by Gasteiger charge is 2.25. The van der Waals surface area contributed by atoms with Crippen molar-refractivity contribution in [2.45, 2.75) is 38.1 Å². The van der Waals surface area contributed by atoms with Gasteiger partial charge in [-0.2, -0.15) is 0 Å². The summed E-state index contributed by atoms with van der Waals surface area (Å²) in [7, 11) is 0. The predicted octanol–water partition coefficient (Wildman–Crippen LogP) is 1.98. The molecule has 1 fully saturated rings. The van der Waals surface area contributed by atoms with Gasteiger partial charge in [0.05, 0.1) is 10.9 Å². The van der Waals surface area contributed by atoms with Crippen molar-refractivity contribution >= 4 is 17.9 Å². The van der Waals surface area contributed by atoms with Gasteiger partial charge in [-0.15, -0.1) is 0 Å². The Morgan fingerprint density at radius 3 is 2.69 bits per heavy atom. The number of carbonyl (C=O) groups is 2. The molecule has 0 radical (unpaired) electrons. The summed E-state index contributed by atoms with van der Waals surface area (Å²) in [5.41, 5.74) is -0.0776. The van der Waals surface area contributed by atoms with E-state index in [4.69, 9.17) is 0 Å². The second-order valence-electron chi connectivity index (χ2n) is 8.32. The highest BCUT2D eigenvalue weighted by molar-refractivity contribution is 5.94. The highest BCUT2D eigenvalue weighted by Crippen LogP contribution is 2.24. The summed E-state index contributed by atoms with van der Waals surface area (Å²) in [6.07, 6.45) is 9.82. The van der Waals surface area contributed by atoms with E-state index in [1.54, 1.807) is 23.4 Å². The maximum absolute atomic E-state index is 13.9. The Bertz CT molecular complexity index is 1080. The number of piperidine rings is 1. The van der Waals surface area contributed by atoms with Crippen LogP contribution in [0.4, 0.5) is 8.78 Å². The maximum atomic E-state index is 13.9. The number of amides is 2. The molecule has 4 rings (SSSR count). The van der Waals surface area contributed by atoms with E-state index in [1.165, 1.54) is 6.07 Å². The van der Waals surface area contributed by atoms with Gasteiger partial charge in [0.2, 0.25) is 5.91 Å². The molecule has 2 aromatic rings. The first kappa shape index (κ1) is 22.0. The Kier molecular flexibility index (Phi) is 6.87. The van der Waals surface area contributed by atoms with Gasteiger partial charge in [0.25, 0.3) is 5.91 Å². The third-order valence-corrected chi connectivity index (χ3v) is 6.11. The van der Waals surface area contributed by atoms with Crippen LogP contribution in [-0.4, -0.2) is 47.4 Å². The number of pyridine rings is 1. The van der Waals surface area contributed by atoms with Crippen LogP contribution in [0.5, 0.6) is 0 Å². The van der Waals surface area contributed by atoms with Gasteiger partial charge in [-0.25, -0.2) is 8.78 Å². The van der Waals surface area contributed by atoms with Crippen LogP contribution in [0.3, 0.4) is 0 Å². The van der Waals surface area contributed by atoms with Crippen molar-refractivity contribution in [1.29, 1.82) is 0 Å². The molecule has 3 heterocycles. The number of aromatic nitrogens is 1. The number of rotatable bonds is 7. The van der Waals surface area contributed by atoms with E-state index < -0.39 is 17.7 Å². The molecular formula is C24H26F2N4O2. The molecule has 6 nitrogen and oxygen atoms in total. The van der Waals surface area contributed by atoms with Gasteiger partial charge >= 0.3 is 0 Å². The summed E-state index contributed by atoms with van der Waals surface area (Å²) in [5, 5.41) is 4.63. The quantitative estimate of drug-likeness (QED) is 0.669. The molecule has 1 saturated heterocycles. The number of halogens is 2. The zero-order valence-corrected chi connectivity index (χ0v) is 17.8. The van der Waals surface area contributed by atoms with E-state index in [0.29, 0.717) is 25.6 Å². The van der Waals surface area contributed by atoms with E-state index >= 15 is 0 Å². The Morgan fingerprint density at radius 2 is 1.94 bits per heavy atom. The average molecular weight is 440 g/mol. The van der Waals surface area contributed by atoms with Crippen LogP contribution >= 0.6 is 0 Å². The van der Waals surface area contributed by atoms with Crippen LogP contribution < -0.4 is 15.9 Å². The molecule has 1 atom stereocenters. The van der Waals surface area contributed by atoms with Gasteiger partial charge in [0.15, 0.2) is 0 Å². The van der Waals surface area contributed by atoms with Crippen LogP contribution in [0.2, 0.25) is 0 Å². The largest absolute Gasteiger partial charge is 0.354 e. The average Bonchev–Trinajstić information content (AvgIpc) is 3.23. The first-order valence-corrected chi connectivity index (χ1v) is 11.0. The van der Waals surface area contributed by atoms with Crippen molar-refractivity contribution in [3.8, 4) is 0 Å². The minimum absolute atomic E-state index is 0.0776. The smallest absolute Gasteiger partial charge is 0.256 e.